The van der Waals surface area contributed by atoms with Crippen molar-refractivity contribution in [2.45, 2.75) is 32.4 Å². The molecule has 16 heavy (non-hydrogen) atoms. The van der Waals surface area contributed by atoms with E-state index >= 15 is 0 Å². The molecule has 3 heteroatoms. The van der Waals surface area contributed by atoms with Crippen LogP contribution in [0.2, 0.25) is 0 Å². The Kier molecular flexibility index (Phi) is 5.12. The van der Waals surface area contributed by atoms with Gasteiger partial charge in [-0.3, -0.25) is 0 Å². The maximum atomic E-state index is 5.12. The molecule has 1 aromatic rings. The highest BCUT2D eigenvalue weighted by atomic mass is 16.5. The number of methoxy groups -OCH3 is 1. The summed E-state index contributed by atoms with van der Waals surface area (Å²) >= 11 is 0. The number of hydrogen-bond acceptors (Lipinski definition) is 3. The van der Waals surface area contributed by atoms with Crippen molar-refractivity contribution in [3.8, 4) is 5.75 Å². The summed E-state index contributed by atoms with van der Waals surface area (Å²) < 4.78 is 5.12. The zero-order valence-corrected chi connectivity index (χ0v) is 10.6. The van der Waals surface area contributed by atoms with Gasteiger partial charge in [0.1, 0.15) is 5.75 Å². The molecule has 3 nitrogen and oxygen atoms in total. The van der Waals surface area contributed by atoms with Crippen molar-refractivity contribution in [3.05, 3.63) is 24.3 Å². The molecule has 0 amide bonds. The Balaban J connectivity index is 2.46. The fourth-order valence-corrected chi connectivity index (χ4v) is 1.68. The molecule has 0 saturated heterocycles. The fourth-order valence-electron chi connectivity index (χ4n) is 1.68. The highest BCUT2D eigenvalue weighted by molar-refractivity contribution is 5.46. The van der Waals surface area contributed by atoms with Gasteiger partial charge >= 0.3 is 0 Å². The predicted molar refractivity (Wildman–Crippen MR) is 69.2 cm³/mol. The van der Waals surface area contributed by atoms with Crippen LogP contribution in [0.4, 0.5) is 5.69 Å². The minimum atomic E-state index is 0.454. The number of anilines is 1. The minimum absolute atomic E-state index is 0.454. The molecule has 0 heterocycles. The van der Waals surface area contributed by atoms with E-state index in [1.54, 1.807) is 7.11 Å². The molecule has 0 aliphatic heterocycles. The maximum absolute atomic E-state index is 5.12. The smallest absolute Gasteiger partial charge is 0.119 e. The van der Waals surface area contributed by atoms with Gasteiger partial charge in [-0.25, -0.2) is 0 Å². The van der Waals surface area contributed by atoms with Crippen LogP contribution in [0.25, 0.3) is 0 Å². The minimum Gasteiger partial charge on any atom is -0.497 e. The van der Waals surface area contributed by atoms with Gasteiger partial charge in [0, 0.05) is 17.8 Å². The average molecular weight is 222 g/mol. The van der Waals surface area contributed by atoms with Crippen molar-refractivity contribution in [1.29, 1.82) is 0 Å². The Labute approximate surface area is 98.2 Å². The van der Waals surface area contributed by atoms with Crippen LogP contribution >= 0.6 is 0 Å². The summed E-state index contributed by atoms with van der Waals surface area (Å²) in [7, 11) is 3.67. The molecule has 0 spiro atoms. The molecule has 0 aromatic heterocycles. The predicted octanol–water partition coefficient (Wildman–Crippen LogP) is 2.49. The van der Waals surface area contributed by atoms with E-state index in [2.05, 4.69) is 24.5 Å². The molecular weight excluding hydrogens is 200 g/mol. The van der Waals surface area contributed by atoms with E-state index in [0.29, 0.717) is 12.1 Å². The van der Waals surface area contributed by atoms with Gasteiger partial charge in [-0.2, -0.15) is 0 Å². The van der Waals surface area contributed by atoms with Crippen LogP contribution in [-0.4, -0.2) is 26.2 Å². The quantitative estimate of drug-likeness (QED) is 0.776. The highest BCUT2D eigenvalue weighted by Gasteiger charge is 2.06. The van der Waals surface area contributed by atoms with E-state index in [9.17, 15) is 0 Å². The lowest BCUT2D eigenvalue weighted by atomic mass is 10.1. The Hall–Kier alpha value is -1.22. The summed E-state index contributed by atoms with van der Waals surface area (Å²) in [6.45, 7) is 4.38. The third kappa shape index (κ3) is 4.11. The van der Waals surface area contributed by atoms with Gasteiger partial charge in [-0.1, -0.05) is 0 Å². The van der Waals surface area contributed by atoms with Crippen molar-refractivity contribution < 1.29 is 4.74 Å². The first-order valence-electron chi connectivity index (χ1n) is 5.73. The largest absolute Gasteiger partial charge is 0.497 e. The molecule has 0 radical (unpaired) electrons. The summed E-state index contributed by atoms with van der Waals surface area (Å²) in [6.07, 6.45) is 1.10. The van der Waals surface area contributed by atoms with Gasteiger partial charge in [0.25, 0.3) is 0 Å². The van der Waals surface area contributed by atoms with Gasteiger partial charge in [-0.05, 0) is 51.6 Å². The molecule has 2 unspecified atom stereocenters. The van der Waals surface area contributed by atoms with Crippen molar-refractivity contribution >= 4 is 5.69 Å². The van der Waals surface area contributed by atoms with Gasteiger partial charge < -0.3 is 15.4 Å². The van der Waals surface area contributed by atoms with Crippen LogP contribution in [0.3, 0.4) is 0 Å². The highest BCUT2D eigenvalue weighted by Crippen LogP contribution is 2.16. The summed E-state index contributed by atoms with van der Waals surface area (Å²) in [5.74, 6) is 0.891. The molecule has 0 fully saturated rings. The van der Waals surface area contributed by atoms with E-state index in [1.807, 2.05) is 31.3 Å². The first-order chi connectivity index (χ1) is 7.65. The zero-order chi connectivity index (χ0) is 12.0. The SMILES string of the molecule is CNC(C)CC(C)Nc1ccc(OC)cc1. The first kappa shape index (κ1) is 12.8. The number of ether oxygens (including phenoxy) is 1. The fraction of sp³-hybridized carbons (Fsp3) is 0.538. The Bertz CT molecular complexity index is 297. The third-order valence-electron chi connectivity index (χ3n) is 2.70. The number of benzene rings is 1. The normalized spacial score (nSPS) is 14.2. The van der Waals surface area contributed by atoms with Gasteiger partial charge in [0.05, 0.1) is 7.11 Å². The molecule has 0 saturated carbocycles. The third-order valence-corrected chi connectivity index (χ3v) is 2.70. The second-order valence-electron chi connectivity index (χ2n) is 4.20. The lowest BCUT2D eigenvalue weighted by Crippen LogP contribution is -2.29. The van der Waals surface area contributed by atoms with Gasteiger partial charge in [-0.15, -0.1) is 0 Å². The molecule has 1 rings (SSSR count). The zero-order valence-electron chi connectivity index (χ0n) is 10.6. The molecule has 90 valence electrons. The standard InChI is InChI=1S/C13H22N2O/c1-10(14-3)9-11(2)15-12-5-7-13(16-4)8-6-12/h5-8,10-11,14-15H,9H2,1-4H3. The van der Waals surface area contributed by atoms with Gasteiger partial charge in [0.2, 0.25) is 0 Å². The van der Waals surface area contributed by atoms with Crippen LogP contribution < -0.4 is 15.4 Å². The second kappa shape index (κ2) is 6.38. The lowest BCUT2D eigenvalue weighted by Gasteiger charge is -2.19. The lowest BCUT2D eigenvalue weighted by molar-refractivity contribution is 0.415. The topological polar surface area (TPSA) is 33.3 Å². The monoisotopic (exact) mass is 222 g/mol. The van der Waals surface area contributed by atoms with E-state index in [4.69, 9.17) is 4.74 Å². The van der Waals surface area contributed by atoms with Crippen molar-refractivity contribution in [2.75, 3.05) is 19.5 Å². The van der Waals surface area contributed by atoms with Crippen LogP contribution in [0.1, 0.15) is 20.3 Å². The summed E-state index contributed by atoms with van der Waals surface area (Å²) in [4.78, 5) is 0. The van der Waals surface area contributed by atoms with Gasteiger partial charge in [0.15, 0.2) is 0 Å². The number of nitrogens with one attached hydrogen (secondary N) is 2. The van der Waals surface area contributed by atoms with E-state index in [0.717, 1.165) is 17.9 Å². The van der Waals surface area contributed by atoms with Crippen molar-refractivity contribution in [2.24, 2.45) is 0 Å². The molecule has 1 aromatic carbocycles. The molecular formula is C13H22N2O. The van der Waals surface area contributed by atoms with Crippen LogP contribution in [0.5, 0.6) is 5.75 Å². The van der Waals surface area contributed by atoms with Crippen molar-refractivity contribution in [3.63, 3.8) is 0 Å². The Morgan fingerprint density at radius 3 is 2.25 bits per heavy atom. The van der Waals surface area contributed by atoms with E-state index in [-0.39, 0.29) is 0 Å². The van der Waals surface area contributed by atoms with Crippen LogP contribution in [0, 0.1) is 0 Å². The summed E-state index contributed by atoms with van der Waals surface area (Å²) in [6, 6.07) is 9.00. The molecule has 0 aliphatic carbocycles. The molecule has 0 aliphatic rings. The summed E-state index contributed by atoms with van der Waals surface area (Å²) in [5.41, 5.74) is 1.14. The van der Waals surface area contributed by atoms with E-state index < -0.39 is 0 Å². The van der Waals surface area contributed by atoms with E-state index in [1.165, 1.54) is 0 Å². The first-order valence-corrected chi connectivity index (χ1v) is 5.73. The van der Waals surface area contributed by atoms with Crippen LogP contribution in [-0.2, 0) is 0 Å². The molecule has 2 atom stereocenters. The van der Waals surface area contributed by atoms with Crippen molar-refractivity contribution in [1.82, 2.24) is 5.32 Å². The van der Waals surface area contributed by atoms with Crippen LogP contribution in [0.15, 0.2) is 24.3 Å². The molecule has 2 N–H and O–H groups in total. The Morgan fingerprint density at radius 1 is 1.12 bits per heavy atom. The Morgan fingerprint density at radius 2 is 1.75 bits per heavy atom. The average Bonchev–Trinajstić information content (AvgIpc) is 2.29. The second-order valence-corrected chi connectivity index (χ2v) is 4.20. The summed E-state index contributed by atoms with van der Waals surface area (Å²) in [5, 5.41) is 6.70. The maximum Gasteiger partial charge on any atom is 0.119 e. The number of rotatable bonds is 6. The number of hydrogen-bond donors (Lipinski definition) is 2. The molecule has 0 bridgehead atoms.